The molecule has 8 heteroatoms. The lowest BCUT2D eigenvalue weighted by Crippen LogP contribution is -2.50. The number of amides is 2. The molecular weight excluding hydrogens is 390 g/mol. The van der Waals surface area contributed by atoms with Crippen molar-refractivity contribution in [3.63, 3.8) is 0 Å². The number of nitrogens with two attached hydrogens (primary N) is 1. The van der Waals surface area contributed by atoms with Crippen LogP contribution in [0.2, 0.25) is 0 Å². The van der Waals surface area contributed by atoms with Crippen molar-refractivity contribution in [3.8, 4) is 0 Å². The number of hydrogen-bond acceptors (Lipinski definition) is 4. The zero-order valence-corrected chi connectivity index (χ0v) is 17.8. The van der Waals surface area contributed by atoms with Crippen molar-refractivity contribution in [2.45, 2.75) is 44.6 Å². The van der Waals surface area contributed by atoms with Crippen LogP contribution in [-0.4, -0.2) is 32.8 Å². The van der Waals surface area contributed by atoms with Gasteiger partial charge in [0.15, 0.2) is 0 Å². The molecule has 0 bridgehead atoms. The third-order valence-electron chi connectivity index (χ3n) is 4.74. The molecule has 7 nitrogen and oxygen atoms in total. The van der Waals surface area contributed by atoms with E-state index >= 15 is 0 Å². The summed E-state index contributed by atoms with van der Waals surface area (Å²) in [6.07, 6.45) is 0. The van der Waals surface area contributed by atoms with Crippen LogP contribution in [0, 0.1) is 20.8 Å². The molecule has 2 aromatic rings. The third-order valence-corrected chi connectivity index (χ3v) is 6.45. The zero-order valence-electron chi connectivity index (χ0n) is 17.0. The van der Waals surface area contributed by atoms with Crippen LogP contribution >= 0.6 is 0 Å². The molecule has 0 radical (unpaired) electrons. The van der Waals surface area contributed by atoms with Crippen molar-refractivity contribution >= 4 is 21.8 Å². The van der Waals surface area contributed by atoms with Gasteiger partial charge in [-0.1, -0.05) is 55.0 Å². The topological polar surface area (TPSA) is 118 Å². The summed E-state index contributed by atoms with van der Waals surface area (Å²) in [7, 11) is -3.89. The van der Waals surface area contributed by atoms with E-state index in [0.717, 1.165) is 11.1 Å². The van der Waals surface area contributed by atoms with Gasteiger partial charge in [-0.2, -0.15) is 0 Å². The maximum Gasteiger partial charge on any atom is 0.241 e. The average Bonchev–Trinajstić information content (AvgIpc) is 2.63. The van der Waals surface area contributed by atoms with Crippen molar-refractivity contribution in [2.24, 2.45) is 5.73 Å². The highest BCUT2D eigenvalue weighted by molar-refractivity contribution is 7.89. The van der Waals surface area contributed by atoms with Gasteiger partial charge in [0.25, 0.3) is 0 Å². The number of carbonyl (C=O) groups excluding carboxylic acids is 2. The number of aryl methyl sites for hydroxylation is 3. The van der Waals surface area contributed by atoms with Gasteiger partial charge in [-0.3, -0.25) is 9.59 Å². The van der Waals surface area contributed by atoms with Crippen molar-refractivity contribution in [3.05, 3.63) is 64.7 Å². The Morgan fingerprint density at radius 3 is 2.10 bits per heavy atom. The molecule has 0 aliphatic carbocycles. The third kappa shape index (κ3) is 5.65. The van der Waals surface area contributed by atoms with E-state index in [-0.39, 0.29) is 10.8 Å². The molecule has 0 spiro atoms. The average molecular weight is 418 g/mol. The molecule has 0 heterocycles. The maximum atomic E-state index is 12.7. The van der Waals surface area contributed by atoms with Gasteiger partial charge in [0.05, 0.1) is 11.4 Å². The van der Waals surface area contributed by atoms with Crippen LogP contribution in [0.4, 0.5) is 0 Å². The highest BCUT2D eigenvalue weighted by atomic mass is 32.2. The molecule has 0 aromatic heterocycles. The van der Waals surface area contributed by atoms with Gasteiger partial charge in [-0.05, 0) is 37.5 Å². The fourth-order valence-electron chi connectivity index (χ4n) is 3.44. The Bertz CT molecular complexity index is 981. The van der Waals surface area contributed by atoms with E-state index in [9.17, 15) is 18.0 Å². The minimum absolute atomic E-state index is 0.153. The summed E-state index contributed by atoms with van der Waals surface area (Å²) in [5, 5.41) is 2.54. The summed E-state index contributed by atoms with van der Waals surface area (Å²) in [6, 6.07) is 11.7. The van der Waals surface area contributed by atoms with E-state index in [1.165, 1.54) is 0 Å². The van der Waals surface area contributed by atoms with E-state index in [4.69, 9.17) is 5.73 Å². The zero-order chi connectivity index (χ0) is 21.8. The number of nitrogens with one attached hydrogen (secondary N) is 2. The fourth-order valence-corrected chi connectivity index (χ4v) is 4.87. The molecule has 2 amide bonds. The normalized spacial score (nSPS) is 13.5. The van der Waals surface area contributed by atoms with Crippen molar-refractivity contribution < 1.29 is 18.0 Å². The first-order valence-electron chi connectivity index (χ1n) is 9.24. The lowest BCUT2D eigenvalue weighted by Gasteiger charge is -2.23. The van der Waals surface area contributed by atoms with Crippen LogP contribution in [-0.2, 0) is 19.6 Å². The second-order valence-electron chi connectivity index (χ2n) is 7.20. The van der Waals surface area contributed by atoms with E-state index < -0.39 is 34.4 Å². The molecule has 2 unspecified atom stereocenters. The Balaban J connectivity index is 2.10. The summed E-state index contributed by atoms with van der Waals surface area (Å²) in [5.74, 6) is -1.69. The van der Waals surface area contributed by atoms with Crippen LogP contribution in [0.5, 0.6) is 0 Å². The number of hydrogen-bond donors (Lipinski definition) is 3. The standard InChI is InChI=1S/C21H27N3O4S/c1-13-10-14(2)20(15(3)11-13)29(27,28)23-12-18(25)24-19(21(22)26)16(4)17-8-6-5-7-9-17/h5-11,16,19,23H,12H2,1-4H3,(H2,22,26)(H,24,25). The Kier molecular flexibility index (Phi) is 7.16. The lowest BCUT2D eigenvalue weighted by molar-refractivity contribution is -0.127. The van der Waals surface area contributed by atoms with Crippen molar-refractivity contribution in [1.29, 1.82) is 0 Å². The SMILES string of the molecule is Cc1cc(C)c(S(=O)(=O)NCC(=O)NC(C(N)=O)C(C)c2ccccc2)c(C)c1. The van der Waals surface area contributed by atoms with Gasteiger partial charge in [-0.15, -0.1) is 0 Å². The summed E-state index contributed by atoms with van der Waals surface area (Å²) >= 11 is 0. The largest absolute Gasteiger partial charge is 0.368 e. The van der Waals surface area contributed by atoms with Gasteiger partial charge >= 0.3 is 0 Å². The molecule has 2 aromatic carbocycles. The number of sulfonamides is 1. The van der Waals surface area contributed by atoms with Crippen LogP contribution < -0.4 is 15.8 Å². The van der Waals surface area contributed by atoms with Crippen molar-refractivity contribution in [2.75, 3.05) is 6.54 Å². The summed E-state index contributed by atoms with van der Waals surface area (Å²) in [6.45, 7) is 6.57. The molecule has 0 saturated carbocycles. The van der Waals surface area contributed by atoms with E-state index in [1.807, 2.05) is 37.3 Å². The minimum Gasteiger partial charge on any atom is -0.368 e. The molecule has 29 heavy (non-hydrogen) atoms. The highest BCUT2D eigenvalue weighted by Gasteiger charge is 2.27. The number of benzene rings is 2. The van der Waals surface area contributed by atoms with Gasteiger partial charge in [0, 0.05) is 5.92 Å². The molecule has 0 saturated heterocycles. The molecule has 0 aliphatic rings. The Morgan fingerprint density at radius 1 is 1.03 bits per heavy atom. The fraction of sp³-hybridized carbons (Fsp3) is 0.333. The first kappa shape index (κ1) is 22.6. The Morgan fingerprint density at radius 2 is 1.59 bits per heavy atom. The molecule has 156 valence electrons. The second kappa shape index (κ2) is 9.19. The lowest BCUT2D eigenvalue weighted by atomic mass is 9.93. The minimum atomic E-state index is -3.89. The van der Waals surface area contributed by atoms with Gasteiger partial charge in [0.1, 0.15) is 6.04 Å². The highest BCUT2D eigenvalue weighted by Crippen LogP contribution is 2.21. The van der Waals surface area contributed by atoms with Crippen LogP contribution in [0.15, 0.2) is 47.4 Å². The number of rotatable bonds is 8. The van der Waals surface area contributed by atoms with E-state index in [1.54, 1.807) is 32.9 Å². The number of carbonyl (C=O) groups is 2. The van der Waals surface area contributed by atoms with Crippen LogP contribution in [0.1, 0.15) is 35.1 Å². The molecular formula is C21H27N3O4S. The van der Waals surface area contributed by atoms with Gasteiger partial charge < -0.3 is 11.1 Å². The van der Waals surface area contributed by atoms with Crippen LogP contribution in [0.3, 0.4) is 0 Å². The second-order valence-corrected chi connectivity index (χ2v) is 8.90. The molecule has 2 rings (SSSR count). The quantitative estimate of drug-likeness (QED) is 0.605. The van der Waals surface area contributed by atoms with Crippen LogP contribution in [0.25, 0.3) is 0 Å². The smallest absolute Gasteiger partial charge is 0.241 e. The predicted molar refractivity (Wildman–Crippen MR) is 112 cm³/mol. The van der Waals surface area contributed by atoms with Gasteiger partial charge in [0.2, 0.25) is 21.8 Å². The number of primary amides is 1. The van der Waals surface area contributed by atoms with Crippen molar-refractivity contribution in [1.82, 2.24) is 10.0 Å². The monoisotopic (exact) mass is 417 g/mol. The Hall–Kier alpha value is -2.71. The maximum absolute atomic E-state index is 12.7. The molecule has 0 fully saturated rings. The molecule has 2 atom stereocenters. The summed E-state index contributed by atoms with van der Waals surface area (Å²) < 4.78 is 27.7. The first-order chi connectivity index (χ1) is 13.5. The molecule has 0 aliphatic heterocycles. The van der Waals surface area contributed by atoms with Gasteiger partial charge in [-0.25, -0.2) is 13.1 Å². The van der Waals surface area contributed by atoms with E-state index in [2.05, 4.69) is 10.0 Å². The first-order valence-corrected chi connectivity index (χ1v) is 10.7. The summed E-state index contributed by atoms with van der Waals surface area (Å²) in [5.41, 5.74) is 8.45. The Labute approximate surface area is 171 Å². The van der Waals surface area contributed by atoms with E-state index in [0.29, 0.717) is 11.1 Å². The molecule has 4 N–H and O–H groups in total. The predicted octanol–water partition coefficient (Wildman–Crippen LogP) is 1.66. The summed E-state index contributed by atoms with van der Waals surface area (Å²) in [4.78, 5) is 24.4.